The van der Waals surface area contributed by atoms with Crippen LogP contribution >= 0.6 is 0 Å². The largest absolute Gasteiger partial charge is 0.497 e. The molecule has 0 amide bonds. The number of nitrogens with zero attached hydrogens (tertiary/aromatic N) is 4. The van der Waals surface area contributed by atoms with Gasteiger partial charge < -0.3 is 14.5 Å². The van der Waals surface area contributed by atoms with E-state index in [4.69, 9.17) is 14.7 Å². The van der Waals surface area contributed by atoms with Crippen molar-refractivity contribution < 1.29 is 13.9 Å². The van der Waals surface area contributed by atoms with Gasteiger partial charge in [-0.05, 0) is 61.2 Å². The van der Waals surface area contributed by atoms with E-state index >= 15 is 0 Å². The van der Waals surface area contributed by atoms with E-state index in [2.05, 4.69) is 21.9 Å². The van der Waals surface area contributed by atoms with Gasteiger partial charge in [0.15, 0.2) is 5.78 Å². The van der Waals surface area contributed by atoms with Gasteiger partial charge in [-0.15, -0.1) is 0 Å². The second-order valence-corrected chi connectivity index (χ2v) is 8.68. The Morgan fingerprint density at radius 3 is 2.24 bits per heavy atom. The molecule has 0 saturated carbocycles. The Morgan fingerprint density at radius 1 is 0.909 bits per heavy atom. The van der Waals surface area contributed by atoms with Crippen molar-refractivity contribution in [2.24, 2.45) is 0 Å². The standard InChI is InChI=1S/C26H27FN4O2/c1-17-25-23(15-19(16-24(25)32)18-3-5-20(27)6-4-18)29-26(28-17)31-13-11-30(12-14-31)21-7-9-22(33-2)10-8-21/h3-10,19H,11-16H2,1-2H3/t19-/m1/s1. The number of Topliss-reactive ketones (excluding diaryl/α,β-unsaturated/α-hetero) is 1. The number of aryl methyl sites for hydroxylation is 1. The summed E-state index contributed by atoms with van der Waals surface area (Å²) in [6.45, 7) is 5.23. The zero-order valence-electron chi connectivity index (χ0n) is 18.9. The second-order valence-electron chi connectivity index (χ2n) is 8.68. The minimum atomic E-state index is -0.268. The van der Waals surface area contributed by atoms with Crippen molar-refractivity contribution in [3.05, 3.63) is 76.9 Å². The quantitative estimate of drug-likeness (QED) is 0.600. The van der Waals surface area contributed by atoms with Crippen molar-refractivity contribution in [1.82, 2.24) is 9.97 Å². The molecule has 0 bridgehead atoms. The van der Waals surface area contributed by atoms with E-state index in [1.54, 1.807) is 19.2 Å². The van der Waals surface area contributed by atoms with Gasteiger partial charge in [-0.1, -0.05) is 12.1 Å². The zero-order chi connectivity index (χ0) is 22.9. The number of aromatic nitrogens is 2. The van der Waals surface area contributed by atoms with Gasteiger partial charge in [0.25, 0.3) is 0 Å². The third kappa shape index (κ3) is 4.27. The van der Waals surface area contributed by atoms with Crippen LogP contribution in [0.15, 0.2) is 48.5 Å². The Balaban J connectivity index is 1.33. The summed E-state index contributed by atoms with van der Waals surface area (Å²) in [4.78, 5) is 27.0. The predicted molar refractivity (Wildman–Crippen MR) is 126 cm³/mol. The molecule has 5 rings (SSSR count). The van der Waals surface area contributed by atoms with Crippen LogP contribution in [-0.2, 0) is 6.42 Å². The maximum atomic E-state index is 13.3. The molecule has 0 spiro atoms. The molecule has 6 nitrogen and oxygen atoms in total. The molecule has 1 fully saturated rings. The first-order valence-electron chi connectivity index (χ1n) is 11.3. The lowest BCUT2D eigenvalue weighted by Gasteiger charge is -2.36. The van der Waals surface area contributed by atoms with Crippen molar-refractivity contribution in [3.8, 4) is 5.75 Å². The smallest absolute Gasteiger partial charge is 0.225 e. The molecule has 0 radical (unpaired) electrons. The van der Waals surface area contributed by atoms with Crippen LogP contribution in [0.2, 0.25) is 0 Å². The molecule has 170 valence electrons. The maximum Gasteiger partial charge on any atom is 0.225 e. The predicted octanol–water partition coefficient (Wildman–Crippen LogP) is 4.17. The molecule has 0 N–H and O–H groups in total. The van der Waals surface area contributed by atoms with Gasteiger partial charge in [0.2, 0.25) is 5.95 Å². The number of methoxy groups -OCH3 is 1. The lowest BCUT2D eigenvalue weighted by atomic mass is 9.81. The number of carbonyl (C=O) groups excluding carboxylic acids is 1. The molecular weight excluding hydrogens is 419 g/mol. The highest BCUT2D eigenvalue weighted by Gasteiger charge is 2.31. The van der Waals surface area contributed by atoms with E-state index < -0.39 is 0 Å². The van der Waals surface area contributed by atoms with Gasteiger partial charge in [-0.25, -0.2) is 14.4 Å². The fourth-order valence-electron chi connectivity index (χ4n) is 4.83. The molecule has 1 aliphatic heterocycles. The number of benzene rings is 2. The van der Waals surface area contributed by atoms with E-state index in [0.717, 1.165) is 48.9 Å². The van der Waals surface area contributed by atoms with E-state index in [1.165, 1.54) is 17.8 Å². The van der Waals surface area contributed by atoms with Crippen LogP contribution in [0.5, 0.6) is 5.75 Å². The second kappa shape index (κ2) is 8.81. The molecule has 7 heteroatoms. The molecular formula is C26H27FN4O2. The Labute approximate surface area is 193 Å². The van der Waals surface area contributed by atoms with Crippen molar-refractivity contribution in [1.29, 1.82) is 0 Å². The van der Waals surface area contributed by atoms with E-state index in [0.29, 0.717) is 24.4 Å². The highest BCUT2D eigenvalue weighted by atomic mass is 19.1. The zero-order valence-corrected chi connectivity index (χ0v) is 18.9. The van der Waals surface area contributed by atoms with Gasteiger partial charge in [0, 0.05) is 38.3 Å². The third-order valence-corrected chi connectivity index (χ3v) is 6.64. The number of rotatable bonds is 4. The molecule has 33 heavy (non-hydrogen) atoms. The van der Waals surface area contributed by atoms with E-state index in [1.807, 2.05) is 19.1 Å². The lowest BCUT2D eigenvalue weighted by molar-refractivity contribution is 0.0962. The molecule has 1 aromatic heterocycles. The normalized spacial score (nSPS) is 18.3. The number of anilines is 2. The molecule has 1 atom stereocenters. The van der Waals surface area contributed by atoms with Crippen LogP contribution in [0.4, 0.5) is 16.0 Å². The van der Waals surface area contributed by atoms with Gasteiger partial charge in [-0.2, -0.15) is 0 Å². The first-order chi connectivity index (χ1) is 16.0. The first-order valence-corrected chi connectivity index (χ1v) is 11.3. The van der Waals surface area contributed by atoms with Gasteiger partial charge in [0.05, 0.1) is 24.1 Å². The average Bonchev–Trinajstić information content (AvgIpc) is 2.84. The number of halogens is 1. The van der Waals surface area contributed by atoms with Gasteiger partial charge >= 0.3 is 0 Å². The van der Waals surface area contributed by atoms with Crippen LogP contribution in [0, 0.1) is 12.7 Å². The van der Waals surface area contributed by atoms with Crippen LogP contribution < -0.4 is 14.5 Å². The van der Waals surface area contributed by atoms with Crippen molar-refractivity contribution in [3.63, 3.8) is 0 Å². The summed E-state index contributed by atoms with van der Waals surface area (Å²) < 4.78 is 18.6. The number of carbonyl (C=O) groups is 1. The summed E-state index contributed by atoms with van der Waals surface area (Å²) in [7, 11) is 1.67. The topological polar surface area (TPSA) is 58.6 Å². The monoisotopic (exact) mass is 446 g/mol. The van der Waals surface area contributed by atoms with Crippen molar-refractivity contribution in [2.75, 3.05) is 43.1 Å². The van der Waals surface area contributed by atoms with E-state index in [-0.39, 0.29) is 17.5 Å². The van der Waals surface area contributed by atoms with Crippen LogP contribution in [0.1, 0.15) is 39.6 Å². The van der Waals surface area contributed by atoms with Gasteiger partial charge in [0.1, 0.15) is 11.6 Å². The SMILES string of the molecule is COc1ccc(N2CCN(c3nc(C)c4c(n3)C[C@@H](c3ccc(F)cc3)CC4=O)CC2)cc1. The number of piperazine rings is 1. The van der Waals surface area contributed by atoms with Crippen LogP contribution in [0.25, 0.3) is 0 Å². The molecule has 0 unspecified atom stereocenters. The number of hydrogen-bond acceptors (Lipinski definition) is 6. The molecule has 3 aromatic rings. The highest BCUT2D eigenvalue weighted by Crippen LogP contribution is 2.34. The summed E-state index contributed by atoms with van der Waals surface area (Å²) in [6, 6.07) is 14.6. The third-order valence-electron chi connectivity index (χ3n) is 6.64. The summed E-state index contributed by atoms with van der Waals surface area (Å²) in [5.74, 6) is 1.35. The number of ketones is 1. The summed E-state index contributed by atoms with van der Waals surface area (Å²) in [5, 5.41) is 0. The average molecular weight is 447 g/mol. The fourth-order valence-corrected chi connectivity index (χ4v) is 4.83. The number of hydrogen-bond donors (Lipinski definition) is 0. The number of ether oxygens (including phenoxy) is 1. The Morgan fingerprint density at radius 2 is 1.58 bits per heavy atom. The van der Waals surface area contributed by atoms with E-state index in [9.17, 15) is 9.18 Å². The maximum absolute atomic E-state index is 13.3. The first kappa shape index (κ1) is 21.4. The summed E-state index contributed by atoms with van der Waals surface area (Å²) in [6.07, 6.45) is 1.07. The molecule has 1 aliphatic carbocycles. The minimum Gasteiger partial charge on any atom is -0.497 e. The summed E-state index contributed by atoms with van der Waals surface area (Å²) in [5.41, 5.74) is 4.36. The molecule has 1 saturated heterocycles. The highest BCUT2D eigenvalue weighted by molar-refractivity contribution is 5.99. The van der Waals surface area contributed by atoms with Crippen LogP contribution in [0.3, 0.4) is 0 Å². The summed E-state index contributed by atoms with van der Waals surface area (Å²) >= 11 is 0. The molecule has 2 aromatic carbocycles. The Kier molecular flexibility index (Phi) is 5.70. The minimum absolute atomic E-state index is 0.0136. The van der Waals surface area contributed by atoms with Gasteiger partial charge in [-0.3, -0.25) is 4.79 Å². The fraction of sp³-hybridized carbons (Fsp3) is 0.346. The van der Waals surface area contributed by atoms with Crippen molar-refractivity contribution >= 4 is 17.4 Å². The molecule has 2 aliphatic rings. The Bertz CT molecular complexity index is 1160. The number of fused-ring (bicyclic) bond motifs is 1. The lowest BCUT2D eigenvalue weighted by Crippen LogP contribution is -2.47. The van der Waals surface area contributed by atoms with Crippen LogP contribution in [-0.4, -0.2) is 49.0 Å². The molecule has 2 heterocycles. The van der Waals surface area contributed by atoms with Crippen molar-refractivity contribution in [2.45, 2.75) is 25.7 Å². The Hall–Kier alpha value is -3.48.